The van der Waals surface area contributed by atoms with Gasteiger partial charge in [-0.05, 0) is 12.8 Å². The summed E-state index contributed by atoms with van der Waals surface area (Å²) in [5, 5.41) is 11.6. The predicted octanol–water partition coefficient (Wildman–Crippen LogP) is -1.43. The molecule has 1 atom stereocenters. The van der Waals surface area contributed by atoms with Crippen molar-refractivity contribution in [1.29, 1.82) is 0 Å². The second kappa shape index (κ2) is 6.26. The van der Waals surface area contributed by atoms with E-state index in [0.717, 1.165) is 18.5 Å². The van der Waals surface area contributed by atoms with Crippen molar-refractivity contribution in [1.82, 2.24) is 0 Å². The number of rotatable bonds is 3. The number of quaternary nitrogens is 1. The summed E-state index contributed by atoms with van der Waals surface area (Å²) in [5.41, 5.74) is 3.28. The largest absolute Gasteiger partial charge is 1.00 e. The quantitative estimate of drug-likeness (QED) is 0.456. The summed E-state index contributed by atoms with van der Waals surface area (Å²) >= 11 is 0. The standard InChI is InChI=1S/C11H17NO.Li.H/c1-4-9-7-6-8-10(5-2)11(9)12(3)13;;/h6-8,12H,4-5H2,1-3H3;;/q;+1;-1. The summed E-state index contributed by atoms with van der Waals surface area (Å²) in [4.78, 5) is 0. The van der Waals surface area contributed by atoms with Crippen molar-refractivity contribution in [2.45, 2.75) is 26.7 Å². The van der Waals surface area contributed by atoms with E-state index >= 15 is 0 Å². The number of hydroxylamine groups is 1. The van der Waals surface area contributed by atoms with Gasteiger partial charge in [-0.25, -0.2) is 0 Å². The summed E-state index contributed by atoms with van der Waals surface area (Å²) < 4.78 is 0. The van der Waals surface area contributed by atoms with Gasteiger partial charge in [-0.2, -0.15) is 0 Å². The fourth-order valence-electron chi connectivity index (χ4n) is 1.69. The van der Waals surface area contributed by atoms with Crippen LogP contribution in [0.25, 0.3) is 0 Å². The molecule has 2 nitrogen and oxygen atoms in total. The molecule has 1 aromatic carbocycles. The van der Waals surface area contributed by atoms with E-state index in [0.29, 0.717) is 0 Å². The monoisotopic (exact) mass is 187 g/mol. The Labute approximate surface area is 99.5 Å². The molecule has 1 unspecified atom stereocenters. The van der Waals surface area contributed by atoms with Crippen molar-refractivity contribution in [2.24, 2.45) is 0 Å². The Balaban J connectivity index is 0. The molecule has 0 saturated carbocycles. The van der Waals surface area contributed by atoms with Gasteiger partial charge in [-0.1, -0.05) is 32.0 Å². The van der Waals surface area contributed by atoms with Crippen LogP contribution in [0.4, 0.5) is 5.69 Å². The van der Waals surface area contributed by atoms with Crippen molar-refractivity contribution in [3.05, 3.63) is 34.5 Å². The Hall–Kier alpha value is -0.263. The molecule has 0 aliphatic heterocycles. The zero-order chi connectivity index (χ0) is 9.84. The maximum absolute atomic E-state index is 11.4. The molecule has 0 aliphatic carbocycles. The van der Waals surface area contributed by atoms with E-state index < -0.39 is 0 Å². The van der Waals surface area contributed by atoms with E-state index in [9.17, 15) is 5.21 Å². The van der Waals surface area contributed by atoms with E-state index in [1.54, 1.807) is 7.05 Å². The van der Waals surface area contributed by atoms with E-state index in [1.807, 2.05) is 18.2 Å². The first-order valence-corrected chi connectivity index (χ1v) is 4.82. The van der Waals surface area contributed by atoms with Crippen LogP contribution in [0.15, 0.2) is 18.2 Å². The van der Waals surface area contributed by atoms with Crippen LogP contribution in [-0.2, 0) is 12.8 Å². The topological polar surface area (TPSA) is 27.5 Å². The first-order chi connectivity index (χ1) is 6.20. The van der Waals surface area contributed by atoms with Crippen molar-refractivity contribution >= 4 is 5.69 Å². The molecular weight excluding hydrogens is 169 g/mol. The summed E-state index contributed by atoms with van der Waals surface area (Å²) in [6.45, 7) is 4.17. The smallest absolute Gasteiger partial charge is 1.00 e. The van der Waals surface area contributed by atoms with Crippen LogP contribution in [0.2, 0.25) is 0 Å². The summed E-state index contributed by atoms with van der Waals surface area (Å²) in [5.74, 6) is 0. The minimum atomic E-state index is 0. The van der Waals surface area contributed by atoms with Crippen molar-refractivity contribution in [2.75, 3.05) is 7.05 Å². The van der Waals surface area contributed by atoms with Crippen LogP contribution in [-0.4, -0.2) is 7.05 Å². The van der Waals surface area contributed by atoms with Crippen LogP contribution >= 0.6 is 0 Å². The van der Waals surface area contributed by atoms with E-state index in [2.05, 4.69) is 13.8 Å². The zero-order valence-electron chi connectivity index (χ0n) is 10.6. The Morgan fingerprint density at radius 3 is 1.93 bits per heavy atom. The molecule has 0 saturated heterocycles. The first-order valence-electron chi connectivity index (χ1n) is 4.82. The maximum atomic E-state index is 11.4. The van der Waals surface area contributed by atoms with Crippen molar-refractivity contribution in [3.63, 3.8) is 0 Å². The fraction of sp³-hybridized carbons (Fsp3) is 0.455. The van der Waals surface area contributed by atoms with Gasteiger partial charge in [0.25, 0.3) is 0 Å². The molecule has 0 heterocycles. The van der Waals surface area contributed by atoms with Gasteiger partial charge in [-0.3, -0.25) is 0 Å². The van der Waals surface area contributed by atoms with Crippen molar-refractivity contribution in [3.8, 4) is 0 Å². The Morgan fingerprint density at radius 2 is 1.64 bits per heavy atom. The normalized spacial score (nSPS) is 12.0. The summed E-state index contributed by atoms with van der Waals surface area (Å²) in [6.07, 6.45) is 1.87. The van der Waals surface area contributed by atoms with Gasteiger partial charge in [0.15, 0.2) is 0 Å². The Kier molecular flexibility index (Phi) is 6.15. The molecule has 1 rings (SSSR count). The van der Waals surface area contributed by atoms with E-state index in [-0.39, 0.29) is 25.4 Å². The molecule has 0 spiro atoms. The molecule has 0 radical (unpaired) electrons. The van der Waals surface area contributed by atoms with Gasteiger partial charge in [0.2, 0.25) is 0 Å². The number of hydrogen-bond acceptors (Lipinski definition) is 1. The molecule has 0 fully saturated rings. The van der Waals surface area contributed by atoms with Crippen LogP contribution in [0.3, 0.4) is 0 Å². The predicted molar refractivity (Wildman–Crippen MR) is 56.2 cm³/mol. The zero-order valence-corrected chi connectivity index (χ0v) is 9.55. The molecule has 0 amide bonds. The van der Waals surface area contributed by atoms with Crippen LogP contribution < -0.4 is 23.9 Å². The van der Waals surface area contributed by atoms with Crippen LogP contribution in [0, 0.1) is 5.21 Å². The maximum Gasteiger partial charge on any atom is 1.00 e. The van der Waals surface area contributed by atoms with E-state index in [1.165, 1.54) is 11.1 Å². The minimum absolute atomic E-state index is 0. The number of benzene rings is 1. The number of hydrogen-bond donors (Lipinski definition) is 1. The minimum Gasteiger partial charge on any atom is -1.00 e. The van der Waals surface area contributed by atoms with Crippen LogP contribution in [0.1, 0.15) is 26.4 Å². The molecule has 0 aromatic heterocycles. The van der Waals surface area contributed by atoms with Gasteiger partial charge < -0.3 is 11.7 Å². The van der Waals surface area contributed by atoms with Gasteiger partial charge in [0.1, 0.15) is 5.69 Å². The second-order valence-electron chi connectivity index (χ2n) is 3.21. The molecule has 0 bridgehead atoms. The molecule has 1 N–H and O–H groups in total. The third-order valence-corrected chi connectivity index (χ3v) is 2.35. The van der Waals surface area contributed by atoms with Crippen molar-refractivity contribution < 1.29 is 25.4 Å². The number of aryl methyl sites for hydroxylation is 2. The molecule has 14 heavy (non-hydrogen) atoms. The Bertz CT molecular complexity index is 270. The number of nitrogens with one attached hydrogen (secondary N) is 1. The molecule has 74 valence electrons. The molecule has 0 aliphatic rings. The summed E-state index contributed by atoms with van der Waals surface area (Å²) in [6, 6.07) is 6.11. The SMILES string of the molecule is CCc1cccc(CC)c1[NH+](C)[O-].[H-].[Li+]. The Morgan fingerprint density at radius 1 is 1.21 bits per heavy atom. The van der Waals surface area contributed by atoms with E-state index in [4.69, 9.17) is 0 Å². The first kappa shape index (κ1) is 13.7. The summed E-state index contributed by atoms with van der Waals surface area (Å²) in [7, 11) is 1.65. The third kappa shape index (κ3) is 2.86. The average molecular weight is 187 g/mol. The van der Waals surface area contributed by atoms with Gasteiger partial charge in [0, 0.05) is 11.1 Å². The fourth-order valence-corrected chi connectivity index (χ4v) is 1.69. The second-order valence-corrected chi connectivity index (χ2v) is 3.21. The van der Waals surface area contributed by atoms with Gasteiger partial charge in [-0.15, -0.1) is 0 Å². The molecule has 1 aromatic rings. The molecular formula is C11H18LiNO. The van der Waals surface area contributed by atoms with Gasteiger partial charge in [0.05, 0.1) is 7.05 Å². The van der Waals surface area contributed by atoms with Crippen LogP contribution in [0.5, 0.6) is 0 Å². The molecule has 3 heteroatoms. The van der Waals surface area contributed by atoms with Gasteiger partial charge >= 0.3 is 18.9 Å². The third-order valence-electron chi connectivity index (χ3n) is 2.35. The average Bonchev–Trinajstić information content (AvgIpc) is 2.16. The number of para-hydroxylation sites is 1.